The lowest BCUT2D eigenvalue weighted by Gasteiger charge is -2.19. The van der Waals surface area contributed by atoms with Crippen LogP contribution >= 0.6 is 7.82 Å². The molecule has 0 amide bonds. The first-order valence-electron chi connectivity index (χ1n) is 22.6. The van der Waals surface area contributed by atoms with Gasteiger partial charge in [0.1, 0.15) is 6.61 Å². The lowest BCUT2D eigenvalue weighted by molar-refractivity contribution is -0.161. The highest BCUT2D eigenvalue weighted by atomic mass is 31.2. The second-order valence-corrected chi connectivity index (χ2v) is 16.4. The molecule has 0 spiro atoms. The van der Waals surface area contributed by atoms with E-state index in [1.165, 1.54) is 83.5 Å². The molecule has 0 aromatic heterocycles. The number of carbonyl (C=O) groups excluding carboxylic acids is 2. The van der Waals surface area contributed by atoms with Crippen LogP contribution in [0.1, 0.15) is 168 Å². The molecule has 0 rings (SSSR count). The fourth-order valence-electron chi connectivity index (χ4n) is 5.90. The van der Waals surface area contributed by atoms with Gasteiger partial charge in [-0.1, -0.05) is 189 Å². The predicted molar refractivity (Wildman–Crippen MR) is 241 cm³/mol. The van der Waals surface area contributed by atoms with Gasteiger partial charge >= 0.3 is 19.8 Å². The molecule has 0 aliphatic rings. The molecule has 12 heteroatoms. The highest BCUT2D eigenvalue weighted by molar-refractivity contribution is 7.47. The molecular formula is C47H82NO10P. The zero-order valence-corrected chi connectivity index (χ0v) is 37.6. The van der Waals surface area contributed by atoms with Crippen molar-refractivity contribution in [2.45, 2.75) is 186 Å². The zero-order valence-electron chi connectivity index (χ0n) is 36.7. The summed E-state index contributed by atoms with van der Waals surface area (Å²) < 4.78 is 32.7. The van der Waals surface area contributed by atoms with Crippen molar-refractivity contribution in [3.63, 3.8) is 0 Å². The van der Waals surface area contributed by atoms with E-state index in [1.54, 1.807) is 30.4 Å². The van der Waals surface area contributed by atoms with Crippen LogP contribution in [0.25, 0.3) is 0 Å². The molecule has 0 aromatic carbocycles. The van der Waals surface area contributed by atoms with Gasteiger partial charge in [0.05, 0.1) is 25.4 Å². The summed E-state index contributed by atoms with van der Waals surface area (Å²) in [5, 5.41) is 20.0. The van der Waals surface area contributed by atoms with Crippen LogP contribution in [-0.2, 0) is 32.7 Å². The molecule has 59 heavy (non-hydrogen) atoms. The summed E-state index contributed by atoms with van der Waals surface area (Å²) in [7, 11) is -4.44. The zero-order chi connectivity index (χ0) is 43.5. The Bertz CT molecular complexity index is 1230. The summed E-state index contributed by atoms with van der Waals surface area (Å²) >= 11 is 0. The van der Waals surface area contributed by atoms with Gasteiger partial charge in [-0.3, -0.25) is 18.6 Å². The number of aliphatic hydroxyl groups is 2. The van der Waals surface area contributed by atoms with Crippen LogP contribution in [0.15, 0.2) is 72.9 Å². The number of esters is 2. The van der Waals surface area contributed by atoms with Gasteiger partial charge in [0.2, 0.25) is 0 Å². The molecule has 0 fully saturated rings. The van der Waals surface area contributed by atoms with E-state index in [0.29, 0.717) is 32.1 Å². The Hall–Kier alpha value is -2.63. The molecule has 340 valence electrons. The number of rotatable bonds is 41. The van der Waals surface area contributed by atoms with Gasteiger partial charge in [-0.05, 0) is 38.5 Å². The van der Waals surface area contributed by atoms with E-state index in [4.69, 9.17) is 24.3 Å². The molecule has 1 unspecified atom stereocenters. The van der Waals surface area contributed by atoms with Crippen LogP contribution in [0.3, 0.4) is 0 Å². The second-order valence-electron chi connectivity index (χ2n) is 14.9. The quantitative estimate of drug-likeness (QED) is 0.0151. The Morgan fingerprint density at radius 2 is 1.19 bits per heavy atom. The van der Waals surface area contributed by atoms with Crippen LogP contribution in [0, 0.1) is 0 Å². The van der Waals surface area contributed by atoms with Gasteiger partial charge in [0, 0.05) is 19.4 Å². The number of hydrogen-bond donors (Lipinski definition) is 4. The third-order valence-electron chi connectivity index (χ3n) is 9.28. The highest BCUT2D eigenvalue weighted by Crippen LogP contribution is 2.43. The van der Waals surface area contributed by atoms with Gasteiger partial charge in [-0.25, -0.2) is 4.57 Å². The first-order chi connectivity index (χ1) is 28.6. The first kappa shape index (κ1) is 56.4. The smallest absolute Gasteiger partial charge is 0.462 e. The minimum absolute atomic E-state index is 0.0177. The van der Waals surface area contributed by atoms with Crippen LogP contribution in [0.2, 0.25) is 0 Å². The largest absolute Gasteiger partial charge is 0.472 e. The fourth-order valence-corrected chi connectivity index (χ4v) is 6.67. The molecule has 5 N–H and O–H groups in total. The highest BCUT2D eigenvalue weighted by Gasteiger charge is 2.26. The maximum Gasteiger partial charge on any atom is 0.472 e. The van der Waals surface area contributed by atoms with Crippen molar-refractivity contribution in [3.8, 4) is 0 Å². The van der Waals surface area contributed by atoms with Gasteiger partial charge < -0.3 is 30.3 Å². The average Bonchev–Trinajstić information content (AvgIpc) is 3.21. The van der Waals surface area contributed by atoms with Crippen LogP contribution in [0.4, 0.5) is 0 Å². The molecule has 4 atom stereocenters. The minimum Gasteiger partial charge on any atom is -0.462 e. The van der Waals surface area contributed by atoms with Gasteiger partial charge in [0.15, 0.2) is 6.10 Å². The normalized spacial score (nSPS) is 15.0. The standard InChI is InChI=1S/C47H82NO10P/c1-3-5-7-8-9-10-11-12-13-14-15-16-17-18-22-25-31-37-46(51)55-41-45(42-57-59(53,54)56-40-39-48)58-47(52)38-32-26-30-36-44(50)35-29-24-21-19-20-23-28-34-43(49)33-27-6-4-2/h6,20-21,23-24,27-30,34-36,43-45,49-50H,3-5,7-19,22,25-26,31-33,37-42,48H2,1-2H3,(H,53,54)/b23-20-,24-21-,27-6-,34-28+,35-29+,36-30-/t43-,44-,45+/m0/s1. The summed E-state index contributed by atoms with van der Waals surface area (Å²) in [5.74, 6) is -1.01. The van der Waals surface area contributed by atoms with E-state index >= 15 is 0 Å². The number of aliphatic hydroxyl groups excluding tert-OH is 2. The monoisotopic (exact) mass is 852 g/mol. The Morgan fingerprint density at radius 1 is 0.627 bits per heavy atom. The van der Waals surface area contributed by atoms with Crippen LogP contribution in [0.5, 0.6) is 0 Å². The van der Waals surface area contributed by atoms with Crippen molar-refractivity contribution in [2.75, 3.05) is 26.4 Å². The van der Waals surface area contributed by atoms with E-state index in [-0.39, 0.29) is 32.6 Å². The SMILES string of the molecule is CC/C=C\C[C@H](O)/C=C/C=C\C/C=C\C=C\[C@H](O)/C=C\CCCC(=O)O[C@H](COC(=O)CCCCCCCCCCCCCCCCCCC)COP(=O)(O)OCCN. The Kier molecular flexibility index (Phi) is 40.2. The minimum atomic E-state index is -4.44. The van der Waals surface area contributed by atoms with Crippen molar-refractivity contribution >= 4 is 19.8 Å². The predicted octanol–water partition coefficient (Wildman–Crippen LogP) is 11.0. The van der Waals surface area contributed by atoms with Crippen LogP contribution < -0.4 is 5.73 Å². The van der Waals surface area contributed by atoms with Crippen molar-refractivity contribution in [3.05, 3.63) is 72.9 Å². The van der Waals surface area contributed by atoms with Gasteiger partial charge in [0.25, 0.3) is 0 Å². The van der Waals surface area contributed by atoms with Crippen LogP contribution in [-0.4, -0.2) is 71.7 Å². The summed E-state index contributed by atoms with van der Waals surface area (Å²) in [6.07, 6.45) is 44.4. The summed E-state index contributed by atoms with van der Waals surface area (Å²) in [6, 6.07) is 0. The molecule has 0 aromatic rings. The third-order valence-corrected chi connectivity index (χ3v) is 10.3. The Balaban J connectivity index is 4.38. The summed E-state index contributed by atoms with van der Waals surface area (Å²) in [5.41, 5.74) is 5.34. The van der Waals surface area contributed by atoms with E-state index in [2.05, 4.69) is 13.8 Å². The molecule has 11 nitrogen and oxygen atoms in total. The first-order valence-corrected chi connectivity index (χ1v) is 24.1. The summed E-state index contributed by atoms with van der Waals surface area (Å²) in [4.78, 5) is 34.9. The molecule has 0 bridgehead atoms. The van der Waals surface area contributed by atoms with Gasteiger partial charge in [-0.15, -0.1) is 0 Å². The maximum atomic E-state index is 12.6. The Labute approximate surface area is 357 Å². The fraction of sp³-hybridized carbons (Fsp3) is 0.702. The van der Waals surface area contributed by atoms with Crippen molar-refractivity contribution in [2.24, 2.45) is 5.73 Å². The average molecular weight is 852 g/mol. The number of hydrogen-bond acceptors (Lipinski definition) is 10. The second kappa shape index (κ2) is 42.1. The summed E-state index contributed by atoms with van der Waals surface area (Å²) in [6.45, 7) is 3.32. The maximum absolute atomic E-state index is 12.6. The van der Waals surface area contributed by atoms with E-state index in [0.717, 1.165) is 25.7 Å². The molecule has 0 saturated carbocycles. The van der Waals surface area contributed by atoms with E-state index in [9.17, 15) is 29.3 Å². The van der Waals surface area contributed by atoms with Crippen molar-refractivity contribution in [1.29, 1.82) is 0 Å². The molecule has 0 aliphatic heterocycles. The lowest BCUT2D eigenvalue weighted by atomic mass is 10.0. The topological polar surface area (TPSA) is 175 Å². The number of unbranched alkanes of at least 4 members (excludes halogenated alkanes) is 17. The molecule has 0 saturated heterocycles. The Morgan fingerprint density at radius 3 is 1.76 bits per heavy atom. The number of phosphoric acid groups is 1. The number of phosphoric ester groups is 1. The number of carbonyl (C=O) groups is 2. The van der Waals surface area contributed by atoms with Crippen molar-refractivity contribution < 1.29 is 47.8 Å². The number of allylic oxidation sites excluding steroid dienone is 8. The lowest BCUT2D eigenvalue weighted by Crippen LogP contribution is -2.29. The third kappa shape index (κ3) is 41.9. The number of ether oxygens (including phenoxy) is 2. The van der Waals surface area contributed by atoms with E-state index < -0.39 is 44.7 Å². The van der Waals surface area contributed by atoms with E-state index in [1.807, 2.05) is 42.5 Å². The number of nitrogens with two attached hydrogens (primary N) is 1. The molecule has 0 heterocycles. The molecule has 0 aliphatic carbocycles. The molecular weight excluding hydrogens is 769 g/mol. The van der Waals surface area contributed by atoms with Crippen molar-refractivity contribution in [1.82, 2.24) is 0 Å². The van der Waals surface area contributed by atoms with Gasteiger partial charge in [-0.2, -0.15) is 0 Å². The molecule has 0 radical (unpaired) electrons.